The largest absolute Gasteiger partial charge is 0.482 e. The Kier molecular flexibility index (Phi) is 5.40. The summed E-state index contributed by atoms with van der Waals surface area (Å²) in [5.74, 6) is 0.104. The fourth-order valence-electron chi connectivity index (χ4n) is 1.90. The molecule has 112 valence electrons. The number of amides is 1. The first-order chi connectivity index (χ1) is 10.6. The Balaban J connectivity index is 1.94. The van der Waals surface area contributed by atoms with Gasteiger partial charge in [0.1, 0.15) is 5.75 Å². The molecule has 0 aliphatic heterocycles. The molecule has 0 saturated heterocycles. The second-order valence-corrected chi connectivity index (χ2v) is 5.05. The van der Waals surface area contributed by atoms with E-state index in [-0.39, 0.29) is 12.5 Å². The fraction of sp³-hybridized carbons (Fsp3) is 0.176. The van der Waals surface area contributed by atoms with Gasteiger partial charge in [-0.15, -0.1) is 0 Å². The van der Waals surface area contributed by atoms with Gasteiger partial charge in [-0.05, 0) is 42.3 Å². The van der Waals surface area contributed by atoms with E-state index in [1.54, 1.807) is 12.1 Å². The number of nitrogens with zero attached hydrogens (tertiary/aromatic N) is 1. The zero-order valence-electron chi connectivity index (χ0n) is 12.1. The summed E-state index contributed by atoms with van der Waals surface area (Å²) in [6.45, 7) is 1.90. The van der Waals surface area contributed by atoms with E-state index in [1.807, 2.05) is 30.3 Å². The van der Waals surface area contributed by atoms with Crippen LogP contribution in [0.2, 0.25) is 5.02 Å². The van der Waals surface area contributed by atoms with Crippen molar-refractivity contribution in [3.8, 4) is 11.8 Å². The third-order valence-corrected chi connectivity index (χ3v) is 3.33. The van der Waals surface area contributed by atoms with Crippen LogP contribution in [0.25, 0.3) is 0 Å². The summed E-state index contributed by atoms with van der Waals surface area (Å²) >= 11 is 5.98. The molecule has 1 N–H and O–H groups in total. The average molecular weight is 315 g/mol. The summed E-state index contributed by atoms with van der Waals surface area (Å²) in [7, 11) is 0. The van der Waals surface area contributed by atoms with Crippen LogP contribution >= 0.6 is 11.6 Å². The standard InChI is InChI=1S/C17H15ClN2O2/c1-2-12-4-3-5-14(8-12)20-17(21)11-22-16-7-6-13(10-19)9-15(16)18/h3-9H,2,11H2,1H3,(H,20,21). The van der Waals surface area contributed by atoms with Gasteiger partial charge in [0, 0.05) is 5.69 Å². The van der Waals surface area contributed by atoms with Crippen LogP contribution in [0, 0.1) is 11.3 Å². The van der Waals surface area contributed by atoms with Crippen molar-refractivity contribution < 1.29 is 9.53 Å². The number of nitriles is 1. The van der Waals surface area contributed by atoms with Crippen molar-refractivity contribution in [1.82, 2.24) is 0 Å². The van der Waals surface area contributed by atoms with E-state index in [0.717, 1.165) is 17.7 Å². The number of hydrogen-bond acceptors (Lipinski definition) is 3. The van der Waals surface area contributed by atoms with Crippen molar-refractivity contribution in [3.63, 3.8) is 0 Å². The quantitative estimate of drug-likeness (QED) is 0.913. The molecule has 1 amide bonds. The third kappa shape index (κ3) is 4.24. The van der Waals surface area contributed by atoms with Crippen LogP contribution in [0.3, 0.4) is 0 Å². The number of benzene rings is 2. The number of carbonyl (C=O) groups excluding carboxylic acids is 1. The summed E-state index contributed by atoms with van der Waals surface area (Å²) in [5, 5.41) is 11.8. The molecule has 5 heteroatoms. The molecule has 0 saturated carbocycles. The van der Waals surface area contributed by atoms with E-state index in [1.165, 1.54) is 6.07 Å². The van der Waals surface area contributed by atoms with E-state index in [2.05, 4.69) is 12.2 Å². The molecule has 0 bridgehead atoms. The number of nitrogens with one attached hydrogen (secondary N) is 1. The second kappa shape index (κ2) is 7.48. The maximum Gasteiger partial charge on any atom is 0.262 e. The van der Waals surface area contributed by atoms with Gasteiger partial charge in [0.05, 0.1) is 16.7 Å². The summed E-state index contributed by atoms with van der Waals surface area (Å²) in [6.07, 6.45) is 0.904. The number of ether oxygens (including phenoxy) is 1. The molecule has 0 heterocycles. The highest BCUT2D eigenvalue weighted by Crippen LogP contribution is 2.25. The van der Waals surface area contributed by atoms with Gasteiger partial charge in [-0.25, -0.2) is 0 Å². The first-order valence-corrected chi connectivity index (χ1v) is 7.21. The highest BCUT2D eigenvalue weighted by molar-refractivity contribution is 6.32. The number of hydrogen-bond donors (Lipinski definition) is 1. The van der Waals surface area contributed by atoms with Crippen LogP contribution in [0.1, 0.15) is 18.1 Å². The average Bonchev–Trinajstić information content (AvgIpc) is 2.53. The molecule has 22 heavy (non-hydrogen) atoms. The molecule has 0 fully saturated rings. The molecular weight excluding hydrogens is 300 g/mol. The molecule has 2 aromatic rings. The van der Waals surface area contributed by atoms with Gasteiger partial charge in [0.25, 0.3) is 5.91 Å². The monoisotopic (exact) mass is 314 g/mol. The normalized spacial score (nSPS) is 9.86. The Morgan fingerprint density at radius 2 is 2.14 bits per heavy atom. The zero-order valence-corrected chi connectivity index (χ0v) is 12.9. The Bertz CT molecular complexity index is 723. The summed E-state index contributed by atoms with van der Waals surface area (Å²) < 4.78 is 5.37. The molecule has 0 atom stereocenters. The van der Waals surface area contributed by atoms with Gasteiger partial charge < -0.3 is 10.1 Å². The number of aryl methyl sites for hydroxylation is 1. The van der Waals surface area contributed by atoms with Crippen LogP contribution < -0.4 is 10.1 Å². The highest BCUT2D eigenvalue weighted by Gasteiger charge is 2.07. The summed E-state index contributed by atoms with van der Waals surface area (Å²) in [4.78, 5) is 11.9. The van der Waals surface area contributed by atoms with E-state index in [4.69, 9.17) is 21.6 Å². The lowest BCUT2D eigenvalue weighted by atomic mass is 10.1. The van der Waals surface area contributed by atoms with E-state index < -0.39 is 0 Å². The Hall–Kier alpha value is -2.51. The molecule has 2 aromatic carbocycles. The minimum atomic E-state index is -0.270. The molecule has 0 aliphatic rings. The fourth-order valence-corrected chi connectivity index (χ4v) is 2.13. The van der Waals surface area contributed by atoms with E-state index in [0.29, 0.717) is 16.3 Å². The molecular formula is C17H15ClN2O2. The smallest absolute Gasteiger partial charge is 0.262 e. The van der Waals surface area contributed by atoms with Crippen molar-refractivity contribution in [1.29, 1.82) is 5.26 Å². The lowest BCUT2D eigenvalue weighted by Gasteiger charge is -2.09. The molecule has 0 spiro atoms. The van der Waals surface area contributed by atoms with E-state index >= 15 is 0 Å². The number of anilines is 1. The first-order valence-electron chi connectivity index (χ1n) is 6.83. The van der Waals surface area contributed by atoms with Crippen LogP contribution in [-0.2, 0) is 11.2 Å². The van der Waals surface area contributed by atoms with E-state index in [9.17, 15) is 4.79 Å². The molecule has 2 rings (SSSR count). The van der Waals surface area contributed by atoms with Crippen LogP contribution in [-0.4, -0.2) is 12.5 Å². The minimum absolute atomic E-state index is 0.151. The second-order valence-electron chi connectivity index (χ2n) is 4.65. The summed E-state index contributed by atoms with van der Waals surface area (Å²) in [5.41, 5.74) is 2.32. The Labute approximate surface area is 134 Å². The van der Waals surface area contributed by atoms with Crippen molar-refractivity contribution in [2.75, 3.05) is 11.9 Å². The molecule has 0 unspecified atom stereocenters. The maximum absolute atomic E-state index is 11.9. The molecule has 0 aromatic heterocycles. The topological polar surface area (TPSA) is 62.1 Å². The minimum Gasteiger partial charge on any atom is -0.482 e. The number of rotatable bonds is 5. The Morgan fingerprint density at radius 1 is 1.32 bits per heavy atom. The first kappa shape index (κ1) is 15.9. The van der Waals surface area contributed by atoms with Crippen LogP contribution in [0.5, 0.6) is 5.75 Å². The Morgan fingerprint density at radius 3 is 2.82 bits per heavy atom. The van der Waals surface area contributed by atoms with Crippen molar-refractivity contribution >= 4 is 23.2 Å². The lowest BCUT2D eigenvalue weighted by molar-refractivity contribution is -0.118. The molecule has 4 nitrogen and oxygen atoms in total. The van der Waals surface area contributed by atoms with Gasteiger partial charge in [-0.2, -0.15) is 5.26 Å². The predicted octanol–water partition coefficient (Wildman–Crippen LogP) is 3.79. The van der Waals surface area contributed by atoms with Gasteiger partial charge in [0.15, 0.2) is 6.61 Å². The van der Waals surface area contributed by atoms with Crippen LogP contribution in [0.4, 0.5) is 5.69 Å². The van der Waals surface area contributed by atoms with Gasteiger partial charge in [0.2, 0.25) is 0 Å². The summed E-state index contributed by atoms with van der Waals surface area (Å²) in [6, 6.07) is 14.3. The van der Waals surface area contributed by atoms with Crippen LogP contribution in [0.15, 0.2) is 42.5 Å². The van der Waals surface area contributed by atoms with Crippen molar-refractivity contribution in [3.05, 3.63) is 58.6 Å². The lowest BCUT2D eigenvalue weighted by Crippen LogP contribution is -2.20. The molecule has 0 aliphatic carbocycles. The maximum atomic E-state index is 11.9. The van der Waals surface area contributed by atoms with Gasteiger partial charge >= 0.3 is 0 Å². The predicted molar refractivity (Wildman–Crippen MR) is 86.1 cm³/mol. The van der Waals surface area contributed by atoms with Gasteiger partial charge in [-0.3, -0.25) is 4.79 Å². The number of carbonyl (C=O) groups is 1. The van der Waals surface area contributed by atoms with Crippen molar-refractivity contribution in [2.24, 2.45) is 0 Å². The SMILES string of the molecule is CCc1cccc(NC(=O)COc2ccc(C#N)cc2Cl)c1. The molecule has 0 radical (unpaired) electrons. The number of halogens is 1. The van der Waals surface area contributed by atoms with Crippen molar-refractivity contribution in [2.45, 2.75) is 13.3 Å². The highest BCUT2D eigenvalue weighted by atomic mass is 35.5. The zero-order chi connectivity index (χ0) is 15.9. The third-order valence-electron chi connectivity index (χ3n) is 3.04. The van der Waals surface area contributed by atoms with Gasteiger partial charge in [-0.1, -0.05) is 30.7 Å².